The summed E-state index contributed by atoms with van der Waals surface area (Å²) in [6.07, 6.45) is 1.93. The summed E-state index contributed by atoms with van der Waals surface area (Å²) in [6.45, 7) is 28.7. The Labute approximate surface area is 209 Å². The highest BCUT2D eigenvalue weighted by Crippen LogP contribution is 2.48. The van der Waals surface area contributed by atoms with Crippen LogP contribution in [0.4, 0.5) is 0 Å². The minimum absolute atomic E-state index is 0.131. The van der Waals surface area contributed by atoms with Crippen LogP contribution in [-0.4, -0.2) is 10.2 Å². The van der Waals surface area contributed by atoms with E-state index in [9.17, 15) is 10.2 Å². The van der Waals surface area contributed by atoms with E-state index in [-0.39, 0.29) is 27.6 Å². The molecule has 2 rings (SSSR count). The lowest BCUT2D eigenvalue weighted by Gasteiger charge is -2.35. The van der Waals surface area contributed by atoms with Crippen LogP contribution in [-0.2, 0) is 10.8 Å². The highest BCUT2D eigenvalue weighted by molar-refractivity contribution is 5.56. The lowest BCUT2D eigenvalue weighted by molar-refractivity contribution is 0.278. The number of rotatable bonds is 6. The number of phenols is 2. The normalized spacial score (nSPS) is 13.6. The van der Waals surface area contributed by atoms with Crippen molar-refractivity contribution in [2.75, 3.05) is 0 Å². The zero-order valence-corrected chi connectivity index (χ0v) is 24.2. The molecule has 0 bridgehead atoms. The molecule has 0 fully saturated rings. The maximum atomic E-state index is 11.5. The third-order valence-electron chi connectivity index (χ3n) is 6.90. The molecule has 0 unspecified atom stereocenters. The molecule has 2 aromatic rings. The summed E-state index contributed by atoms with van der Waals surface area (Å²) in [7, 11) is 0. The smallest absolute Gasteiger partial charge is 0.123 e. The van der Waals surface area contributed by atoms with E-state index in [0.29, 0.717) is 11.5 Å². The van der Waals surface area contributed by atoms with E-state index in [2.05, 4.69) is 114 Å². The fourth-order valence-electron chi connectivity index (χ4n) is 6.32. The predicted octanol–water partition coefficient (Wildman–Crippen LogP) is 9.29. The first-order valence-electron chi connectivity index (χ1n) is 12.8. The fourth-order valence-corrected chi connectivity index (χ4v) is 6.32. The second kappa shape index (κ2) is 9.25. The molecule has 0 saturated heterocycles. The van der Waals surface area contributed by atoms with Crippen LogP contribution >= 0.6 is 0 Å². The average Bonchev–Trinajstić information content (AvgIpc) is 2.60. The fraction of sp³-hybridized carbons (Fsp3) is 0.625. The molecule has 34 heavy (non-hydrogen) atoms. The van der Waals surface area contributed by atoms with E-state index in [1.807, 2.05) is 0 Å². The summed E-state index contributed by atoms with van der Waals surface area (Å²) in [5.74, 6) is 0.598. The molecular formula is C32H50O2. The Bertz CT molecular complexity index is 943. The molecular weight excluding hydrogens is 416 g/mol. The second-order valence-corrected chi connectivity index (χ2v) is 14.5. The molecule has 0 saturated carbocycles. The molecule has 2 aromatic carbocycles. The highest BCUT2D eigenvalue weighted by atomic mass is 16.3. The molecule has 2 N–H and O–H groups in total. The number of phenolic OH excluding ortho intramolecular Hbond substituents is 2. The number of hydrogen-bond acceptors (Lipinski definition) is 2. The van der Waals surface area contributed by atoms with Crippen LogP contribution in [0.3, 0.4) is 0 Å². The van der Waals surface area contributed by atoms with Crippen molar-refractivity contribution in [1.29, 1.82) is 0 Å². The van der Waals surface area contributed by atoms with Gasteiger partial charge in [0.1, 0.15) is 11.5 Å². The molecule has 0 radical (unpaired) electrons. The van der Waals surface area contributed by atoms with Crippen LogP contribution in [0.1, 0.15) is 128 Å². The van der Waals surface area contributed by atoms with Gasteiger partial charge < -0.3 is 10.2 Å². The zero-order chi connectivity index (χ0) is 26.4. The molecule has 190 valence electrons. The first-order valence-corrected chi connectivity index (χ1v) is 12.8. The van der Waals surface area contributed by atoms with Gasteiger partial charge in [-0.1, -0.05) is 112 Å². The van der Waals surface area contributed by atoms with E-state index >= 15 is 0 Å². The van der Waals surface area contributed by atoms with Crippen LogP contribution in [0.25, 0.3) is 0 Å². The van der Waals surface area contributed by atoms with Crippen molar-refractivity contribution >= 4 is 0 Å². The minimum Gasteiger partial charge on any atom is -0.507 e. The van der Waals surface area contributed by atoms with Crippen LogP contribution < -0.4 is 0 Å². The second-order valence-electron chi connectivity index (χ2n) is 14.5. The van der Waals surface area contributed by atoms with Crippen molar-refractivity contribution < 1.29 is 10.2 Å². The maximum Gasteiger partial charge on any atom is 0.123 e. The number of aromatic hydroxyl groups is 2. The van der Waals surface area contributed by atoms with Gasteiger partial charge in [-0.3, -0.25) is 0 Å². The van der Waals surface area contributed by atoms with Gasteiger partial charge in [-0.05, 0) is 48.3 Å². The van der Waals surface area contributed by atoms with E-state index < -0.39 is 0 Å². The number of hydrogen-bond donors (Lipinski definition) is 2. The van der Waals surface area contributed by atoms with Gasteiger partial charge in [0.2, 0.25) is 0 Å². The average molecular weight is 467 g/mol. The van der Waals surface area contributed by atoms with Crippen LogP contribution in [0.5, 0.6) is 11.5 Å². The van der Waals surface area contributed by atoms with Gasteiger partial charge in [0, 0.05) is 28.2 Å². The van der Waals surface area contributed by atoms with E-state index in [1.165, 1.54) is 0 Å². The number of aryl methyl sites for hydroxylation is 2. The molecule has 0 aliphatic heterocycles. The molecule has 0 heterocycles. The van der Waals surface area contributed by atoms with Gasteiger partial charge in [-0.15, -0.1) is 0 Å². The van der Waals surface area contributed by atoms with Crippen molar-refractivity contribution in [3.63, 3.8) is 0 Å². The van der Waals surface area contributed by atoms with Crippen molar-refractivity contribution in [3.8, 4) is 11.5 Å². The standard InChI is InChI=1S/C32H50O2/c1-20-14-23(27(33)25(16-20)31(10,11)18-29(4,5)6)22(3)24-15-21(2)17-26(28(24)34)32(12,13)19-30(7,8)9/h14-17,22,33-34H,18-19H2,1-13H3. The van der Waals surface area contributed by atoms with Gasteiger partial charge in [-0.25, -0.2) is 0 Å². The van der Waals surface area contributed by atoms with E-state index in [4.69, 9.17) is 0 Å². The highest BCUT2D eigenvalue weighted by Gasteiger charge is 2.34. The van der Waals surface area contributed by atoms with Gasteiger partial charge in [0.15, 0.2) is 0 Å². The Morgan fingerprint density at radius 1 is 0.588 bits per heavy atom. The van der Waals surface area contributed by atoms with Crippen molar-refractivity contribution in [2.24, 2.45) is 10.8 Å². The molecule has 0 aliphatic carbocycles. The summed E-state index contributed by atoms with van der Waals surface area (Å²) in [5.41, 5.74) is 5.98. The topological polar surface area (TPSA) is 40.5 Å². The summed E-state index contributed by atoms with van der Waals surface area (Å²) in [5, 5.41) is 23.1. The molecule has 0 spiro atoms. The van der Waals surface area contributed by atoms with Crippen molar-refractivity contribution in [2.45, 2.75) is 120 Å². The Hall–Kier alpha value is -1.96. The Balaban J connectivity index is 2.66. The van der Waals surface area contributed by atoms with E-state index in [1.54, 1.807) is 0 Å². The summed E-state index contributed by atoms with van der Waals surface area (Å²) in [4.78, 5) is 0. The molecule has 2 nitrogen and oxygen atoms in total. The van der Waals surface area contributed by atoms with Crippen molar-refractivity contribution in [3.05, 3.63) is 57.6 Å². The summed E-state index contributed by atoms with van der Waals surface area (Å²) < 4.78 is 0. The van der Waals surface area contributed by atoms with E-state index in [0.717, 1.165) is 46.2 Å². The SMILES string of the molecule is Cc1cc(C(C)c2cc(C)cc(C(C)(C)CC(C)(C)C)c2O)c(O)c(C(C)(C)CC(C)(C)C)c1. The lowest BCUT2D eigenvalue weighted by atomic mass is 9.70. The van der Waals surface area contributed by atoms with Gasteiger partial charge >= 0.3 is 0 Å². The minimum atomic E-state index is -0.169. The molecule has 0 atom stereocenters. The Morgan fingerprint density at radius 2 is 0.882 bits per heavy atom. The van der Waals surface area contributed by atoms with Crippen LogP contribution in [0, 0.1) is 24.7 Å². The van der Waals surface area contributed by atoms with Gasteiger partial charge in [0.05, 0.1) is 0 Å². The largest absolute Gasteiger partial charge is 0.507 e. The lowest BCUT2D eigenvalue weighted by Crippen LogP contribution is -2.26. The monoisotopic (exact) mass is 466 g/mol. The third-order valence-corrected chi connectivity index (χ3v) is 6.90. The Morgan fingerprint density at radius 3 is 1.15 bits per heavy atom. The Kier molecular flexibility index (Phi) is 7.69. The third kappa shape index (κ3) is 6.58. The first-order chi connectivity index (χ1) is 15.1. The molecule has 0 aliphatic rings. The van der Waals surface area contributed by atoms with Crippen LogP contribution in [0.2, 0.25) is 0 Å². The maximum absolute atomic E-state index is 11.5. The van der Waals surface area contributed by atoms with Gasteiger partial charge in [0.25, 0.3) is 0 Å². The molecule has 2 heteroatoms. The molecule has 0 aromatic heterocycles. The zero-order valence-electron chi connectivity index (χ0n) is 24.2. The van der Waals surface area contributed by atoms with Crippen LogP contribution in [0.15, 0.2) is 24.3 Å². The summed E-state index contributed by atoms with van der Waals surface area (Å²) in [6, 6.07) is 8.42. The quantitative estimate of drug-likeness (QED) is 0.445. The number of benzene rings is 2. The summed E-state index contributed by atoms with van der Waals surface area (Å²) >= 11 is 0. The first kappa shape index (κ1) is 28.3. The van der Waals surface area contributed by atoms with Crippen molar-refractivity contribution in [1.82, 2.24) is 0 Å². The van der Waals surface area contributed by atoms with Gasteiger partial charge in [-0.2, -0.15) is 0 Å². The molecule has 0 amide bonds. The predicted molar refractivity (Wildman–Crippen MR) is 147 cm³/mol.